The highest BCUT2D eigenvalue weighted by Gasteiger charge is 2.12. The van der Waals surface area contributed by atoms with E-state index in [1.165, 1.54) is 11.3 Å². The molecular weight excluding hydrogens is 174 g/mol. The summed E-state index contributed by atoms with van der Waals surface area (Å²) in [6.07, 6.45) is 2.35. The van der Waals surface area contributed by atoms with Gasteiger partial charge < -0.3 is 5.11 Å². The van der Waals surface area contributed by atoms with Gasteiger partial charge in [-0.25, -0.2) is 9.78 Å². The Labute approximate surface area is 74.4 Å². The molecule has 1 aromatic heterocycles. The maximum atomic E-state index is 10.6. The summed E-state index contributed by atoms with van der Waals surface area (Å²) in [4.78, 5) is 15.0. The molecule has 0 aromatic carbocycles. The fraction of sp³-hybridized carbons (Fsp3) is 0.250. The maximum absolute atomic E-state index is 10.6. The predicted molar refractivity (Wildman–Crippen MR) is 47.7 cm³/mol. The first-order valence-electron chi connectivity index (χ1n) is 3.45. The van der Waals surface area contributed by atoms with Crippen molar-refractivity contribution >= 4 is 17.3 Å². The van der Waals surface area contributed by atoms with Gasteiger partial charge in [-0.3, -0.25) is 0 Å². The number of aromatic nitrogens is 1. The molecule has 1 aromatic rings. The van der Waals surface area contributed by atoms with Crippen LogP contribution in [0.15, 0.2) is 12.7 Å². The van der Waals surface area contributed by atoms with Crippen LogP contribution < -0.4 is 0 Å². The molecule has 0 bridgehead atoms. The van der Waals surface area contributed by atoms with Crippen LogP contribution in [0.4, 0.5) is 0 Å². The average Bonchev–Trinajstić information content (AvgIpc) is 2.32. The fourth-order valence-electron chi connectivity index (χ4n) is 0.862. The first-order chi connectivity index (χ1) is 5.65. The van der Waals surface area contributed by atoms with Crippen LogP contribution in [0.3, 0.4) is 0 Å². The highest BCUT2D eigenvalue weighted by atomic mass is 32.1. The van der Waals surface area contributed by atoms with E-state index in [9.17, 15) is 4.79 Å². The van der Waals surface area contributed by atoms with Crippen LogP contribution in [0.25, 0.3) is 0 Å². The number of hydrogen-bond acceptors (Lipinski definition) is 3. The third-order valence-electron chi connectivity index (χ3n) is 1.35. The van der Waals surface area contributed by atoms with Crippen molar-refractivity contribution in [2.75, 3.05) is 0 Å². The molecule has 1 heterocycles. The van der Waals surface area contributed by atoms with Gasteiger partial charge in [-0.15, -0.1) is 17.9 Å². The zero-order valence-electron chi connectivity index (χ0n) is 6.70. The van der Waals surface area contributed by atoms with Gasteiger partial charge in [-0.1, -0.05) is 6.08 Å². The normalized spacial score (nSPS) is 9.75. The van der Waals surface area contributed by atoms with Gasteiger partial charge in [0, 0.05) is 6.42 Å². The molecule has 12 heavy (non-hydrogen) atoms. The number of carboxylic acid groups (broad SMARTS) is 1. The number of hydrogen-bond donors (Lipinski definition) is 1. The van der Waals surface area contributed by atoms with E-state index in [0.29, 0.717) is 17.0 Å². The Hall–Kier alpha value is -1.16. The van der Waals surface area contributed by atoms with E-state index in [2.05, 4.69) is 11.6 Å². The fourth-order valence-corrected chi connectivity index (χ4v) is 1.76. The van der Waals surface area contributed by atoms with Gasteiger partial charge in [-0.05, 0) is 6.92 Å². The van der Waals surface area contributed by atoms with Gasteiger partial charge in [0.25, 0.3) is 0 Å². The van der Waals surface area contributed by atoms with Crippen molar-refractivity contribution in [3.05, 3.63) is 28.2 Å². The minimum atomic E-state index is -0.902. The third-order valence-corrected chi connectivity index (χ3v) is 2.52. The van der Waals surface area contributed by atoms with Gasteiger partial charge in [0.2, 0.25) is 0 Å². The van der Waals surface area contributed by atoms with Crippen LogP contribution in [0.2, 0.25) is 0 Å². The van der Waals surface area contributed by atoms with Crippen LogP contribution in [0.5, 0.6) is 0 Å². The molecule has 0 atom stereocenters. The molecule has 64 valence electrons. The lowest BCUT2D eigenvalue weighted by Crippen LogP contribution is -1.94. The first kappa shape index (κ1) is 8.93. The number of nitrogens with zero attached hydrogens (tertiary/aromatic N) is 1. The first-order valence-corrected chi connectivity index (χ1v) is 4.27. The van der Waals surface area contributed by atoms with Gasteiger partial charge in [-0.2, -0.15) is 0 Å². The standard InChI is InChI=1S/C8H9NO2S/c1-3-4-6-9-5(2)7(12-6)8(10)11/h3H,1,4H2,2H3,(H,10,11). The molecule has 0 radical (unpaired) electrons. The summed E-state index contributed by atoms with van der Waals surface area (Å²) in [7, 11) is 0. The number of allylic oxidation sites excluding steroid dienone is 1. The van der Waals surface area contributed by atoms with E-state index in [-0.39, 0.29) is 0 Å². The highest BCUT2D eigenvalue weighted by Crippen LogP contribution is 2.18. The van der Waals surface area contributed by atoms with Crippen molar-refractivity contribution in [2.24, 2.45) is 0 Å². The van der Waals surface area contributed by atoms with E-state index in [0.717, 1.165) is 5.01 Å². The van der Waals surface area contributed by atoms with Crippen molar-refractivity contribution in [3.8, 4) is 0 Å². The Morgan fingerprint density at radius 1 is 1.83 bits per heavy atom. The number of rotatable bonds is 3. The van der Waals surface area contributed by atoms with E-state index in [4.69, 9.17) is 5.11 Å². The van der Waals surface area contributed by atoms with Crippen LogP contribution in [0, 0.1) is 6.92 Å². The van der Waals surface area contributed by atoms with Crippen LogP contribution in [0.1, 0.15) is 20.4 Å². The molecule has 0 saturated heterocycles. The molecule has 0 spiro atoms. The quantitative estimate of drug-likeness (QED) is 0.728. The summed E-state index contributed by atoms with van der Waals surface area (Å²) < 4.78 is 0. The van der Waals surface area contributed by atoms with Gasteiger partial charge >= 0.3 is 5.97 Å². The maximum Gasteiger partial charge on any atom is 0.347 e. The predicted octanol–water partition coefficient (Wildman–Crippen LogP) is 1.88. The van der Waals surface area contributed by atoms with E-state index < -0.39 is 5.97 Å². The molecule has 3 nitrogen and oxygen atoms in total. The Kier molecular flexibility index (Phi) is 2.60. The van der Waals surface area contributed by atoms with Crippen molar-refractivity contribution in [1.82, 2.24) is 4.98 Å². The van der Waals surface area contributed by atoms with Crippen molar-refractivity contribution in [2.45, 2.75) is 13.3 Å². The Balaban J connectivity index is 2.99. The minimum Gasteiger partial charge on any atom is -0.477 e. The largest absolute Gasteiger partial charge is 0.477 e. The molecule has 4 heteroatoms. The second-order valence-corrected chi connectivity index (χ2v) is 3.40. The van der Waals surface area contributed by atoms with Crippen LogP contribution in [-0.4, -0.2) is 16.1 Å². The topological polar surface area (TPSA) is 50.2 Å². The van der Waals surface area contributed by atoms with E-state index in [1.807, 2.05) is 0 Å². The molecule has 0 unspecified atom stereocenters. The third kappa shape index (κ3) is 1.71. The van der Waals surface area contributed by atoms with Gasteiger partial charge in [0.05, 0.1) is 10.7 Å². The van der Waals surface area contributed by atoms with Crippen LogP contribution >= 0.6 is 11.3 Å². The Morgan fingerprint density at radius 2 is 2.50 bits per heavy atom. The van der Waals surface area contributed by atoms with E-state index >= 15 is 0 Å². The zero-order chi connectivity index (χ0) is 9.14. The molecule has 0 aliphatic rings. The molecule has 0 amide bonds. The molecule has 1 N–H and O–H groups in total. The Morgan fingerprint density at radius 3 is 2.92 bits per heavy atom. The number of carbonyl (C=O) groups is 1. The van der Waals surface area contributed by atoms with Crippen molar-refractivity contribution < 1.29 is 9.90 Å². The summed E-state index contributed by atoms with van der Waals surface area (Å²) in [6, 6.07) is 0. The zero-order valence-corrected chi connectivity index (χ0v) is 7.52. The molecule has 0 aliphatic heterocycles. The molecule has 0 aliphatic carbocycles. The smallest absolute Gasteiger partial charge is 0.347 e. The lowest BCUT2D eigenvalue weighted by atomic mass is 10.4. The number of carboxylic acids is 1. The average molecular weight is 183 g/mol. The number of aryl methyl sites for hydroxylation is 1. The lowest BCUT2D eigenvalue weighted by Gasteiger charge is -1.84. The highest BCUT2D eigenvalue weighted by molar-refractivity contribution is 7.13. The second-order valence-electron chi connectivity index (χ2n) is 2.32. The monoisotopic (exact) mass is 183 g/mol. The lowest BCUT2D eigenvalue weighted by molar-refractivity contribution is 0.0701. The SMILES string of the molecule is C=CCc1nc(C)c(C(=O)O)s1. The van der Waals surface area contributed by atoms with Gasteiger partial charge in [0.1, 0.15) is 4.88 Å². The summed E-state index contributed by atoms with van der Waals surface area (Å²) in [5.74, 6) is -0.902. The molecule has 1 rings (SSSR count). The Bertz CT molecular complexity index is 317. The summed E-state index contributed by atoms with van der Waals surface area (Å²) >= 11 is 1.21. The molecular formula is C8H9NO2S. The van der Waals surface area contributed by atoms with Gasteiger partial charge in [0.15, 0.2) is 0 Å². The number of thiazole rings is 1. The second kappa shape index (κ2) is 3.49. The van der Waals surface area contributed by atoms with Crippen LogP contribution in [-0.2, 0) is 6.42 Å². The van der Waals surface area contributed by atoms with Crippen molar-refractivity contribution in [3.63, 3.8) is 0 Å². The van der Waals surface area contributed by atoms with E-state index in [1.54, 1.807) is 13.0 Å². The minimum absolute atomic E-state index is 0.326. The van der Waals surface area contributed by atoms with Crippen molar-refractivity contribution in [1.29, 1.82) is 0 Å². The molecule has 0 fully saturated rings. The summed E-state index contributed by atoms with van der Waals surface area (Å²) in [5, 5.41) is 9.50. The summed E-state index contributed by atoms with van der Waals surface area (Å²) in [5.41, 5.74) is 0.587. The summed E-state index contributed by atoms with van der Waals surface area (Å²) in [6.45, 7) is 5.26. The molecule has 0 saturated carbocycles. The number of aromatic carboxylic acids is 1.